The molecule has 0 unspecified atom stereocenters. The second-order valence-electron chi connectivity index (χ2n) is 2.80. The van der Waals surface area contributed by atoms with Crippen molar-refractivity contribution in [3.05, 3.63) is 45.9 Å². The molecule has 0 bridgehead atoms. The first kappa shape index (κ1) is 8.73. The molecule has 0 aliphatic heterocycles. The van der Waals surface area contributed by atoms with Gasteiger partial charge >= 0.3 is 4.47 Å². The lowest BCUT2D eigenvalue weighted by Gasteiger charge is -1.93. The van der Waals surface area contributed by atoms with E-state index in [1.54, 1.807) is 11.3 Å². The molecule has 0 aliphatic carbocycles. The van der Waals surface area contributed by atoms with E-state index in [1.807, 2.05) is 34.9 Å². The Bertz CT molecular complexity index is 389. The molecule has 2 rings (SSSR count). The van der Waals surface area contributed by atoms with Crippen LogP contribution in [0.25, 0.3) is 5.69 Å². The van der Waals surface area contributed by atoms with Gasteiger partial charge in [0.25, 0.3) is 0 Å². The maximum absolute atomic E-state index is 6.06. The van der Waals surface area contributed by atoms with E-state index in [0.29, 0.717) is 0 Å². The molecule has 1 heterocycles. The van der Waals surface area contributed by atoms with Gasteiger partial charge < -0.3 is 0 Å². The molecule has 0 saturated heterocycles. The Balaban J connectivity index is 2.59. The molecule has 3 heteroatoms. The molecule has 1 nitrogen and oxygen atoms in total. The van der Waals surface area contributed by atoms with Crippen LogP contribution in [0.3, 0.4) is 0 Å². The van der Waals surface area contributed by atoms with Crippen molar-refractivity contribution in [1.29, 1.82) is 0 Å². The minimum Gasteiger partial charge on any atom is -0.138 e. The summed E-state index contributed by atoms with van der Waals surface area (Å²) in [5.41, 5.74) is 2.28. The monoisotopic (exact) mass is 210 g/mol. The summed E-state index contributed by atoms with van der Waals surface area (Å²) in [6, 6.07) is 10.1. The first-order valence-corrected chi connectivity index (χ1v) is 5.26. The molecule has 0 aliphatic rings. The Morgan fingerprint density at radius 1 is 1.23 bits per heavy atom. The van der Waals surface area contributed by atoms with E-state index in [-0.39, 0.29) is 0 Å². The molecular weight excluding hydrogens is 202 g/mol. The van der Waals surface area contributed by atoms with E-state index in [0.717, 1.165) is 10.2 Å². The maximum atomic E-state index is 6.06. The van der Waals surface area contributed by atoms with E-state index in [4.69, 9.17) is 11.6 Å². The average Bonchev–Trinajstić information content (AvgIpc) is 2.48. The summed E-state index contributed by atoms with van der Waals surface area (Å²) in [6.07, 6.45) is 0. The van der Waals surface area contributed by atoms with Crippen molar-refractivity contribution in [2.75, 3.05) is 0 Å². The quantitative estimate of drug-likeness (QED) is 0.638. The van der Waals surface area contributed by atoms with Crippen LogP contribution in [0, 0.1) is 6.92 Å². The number of halogens is 1. The Hall–Kier alpha value is -0.860. The number of thiazole rings is 1. The van der Waals surface area contributed by atoms with Crippen LogP contribution in [-0.2, 0) is 0 Å². The van der Waals surface area contributed by atoms with Crippen molar-refractivity contribution in [3.8, 4) is 5.69 Å². The number of hydrogen-bond acceptors (Lipinski definition) is 1. The minimum absolute atomic E-state index is 0.795. The topological polar surface area (TPSA) is 3.88 Å². The summed E-state index contributed by atoms with van der Waals surface area (Å²) >= 11 is 7.62. The van der Waals surface area contributed by atoms with Crippen LogP contribution in [0.5, 0.6) is 0 Å². The van der Waals surface area contributed by atoms with Crippen LogP contribution in [0.4, 0.5) is 0 Å². The molecule has 1 aromatic heterocycles. The third-order valence-electron chi connectivity index (χ3n) is 1.87. The molecule has 0 radical (unpaired) electrons. The number of hydrogen-bond donors (Lipinski definition) is 0. The molecule has 2 aromatic rings. The summed E-state index contributed by atoms with van der Waals surface area (Å²) in [6.45, 7) is 2.05. The molecular formula is C10H9ClNS+. The van der Waals surface area contributed by atoms with E-state index in [1.165, 1.54) is 5.69 Å². The van der Waals surface area contributed by atoms with Gasteiger partial charge in [-0.1, -0.05) is 29.5 Å². The zero-order valence-corrected chi connectivity index (χ0v) is 8.77. The van der Waals surface area contributed by atoms with Crippen LogP contribution in [0.15, 0.2) is 35.7 Å². The number of aromatic nitrogens is 1. The molecule has 0 fully saturated rings. The van der Waals surface area contributed by atoms with Crippen molar-refractivity contribution in [1.82, 2.24) is 0 Å². The second kappa shape index (κ2) is 3.48. The number of benzene rings is 1. The van der Waals surface area contributed by atoms with Gasteiger partial charge in [0.05, 0.1) is 5.38 Å². The minimum atomic E-state index is 0.795. The normalized spacial score (nSPS) is 10.3. The first-order valence-electron chi connectivity index (χ1n) is 4.00. The van der Waals surface area contributed by atoms with E-state index >= 15 is 0 Å². The standard InChI is InChI=1S/C10H9ClNS/c1-8-7-13-10(11)12(8)9-5-3-2-4-6-9/h2-7H,1H3/q+1. The smallest absolute Gasteiger partial charge is 0.138 e. The maximum Gasteiger partial charge on any atom is 0.339 e. The molecule has 13 heavy (non-hydrogen) atoms. The third kappa shape index (κ3) is 1.60. The van der Waals surface area contributed by atoms with Crippen LogP contribution < -0.4 is 4.57 Å². The highest BCUT2D eigenvalue weighted by Crippen LogP contribution is 2.15. The van der Waals surface area contributed by atoms with Gasteiger partial charge in [0.2, 0.25) is 5.69 Å². The predicted octanol–water partition coefficient (Wildman–Crippen LogP) is 2.99. The first-order chi connectivity index (χ1) is 6.29. The highest BCUT2D eigenvalue weighted by atomic mass is 35.5. The van der Waals surface area contributed by atoms with Gasteiger partial charge in [0.15, 0.2) is 5.69 Å². The zero-order chi connectivity index (χ0) is 9.26. The fraction of sp³-hybridized carbons (Fsp3) is 0.100. The molecule has 66 valence electrons. The lowest BCUT2D eigenvalue weighted by molar-refractivity contribution is -0.594. The van der Waals surface area contributed by atoms with Crippen molar-refractivity contribution in [2.24, 2.45) is 0 Å². The van der Waals surface area contributed by atoms with E-state index in [2.05, 4.69) is 12.3 Å². The van der Waals surface area contributed by atoms with Crippen LogP contribution in [0.2, 0.25) is 4.47 Å². The fourth-order valence-electron chi connectivity index (χ4n) is 1.26. The zero-order valence-electron chi connectivity index (χ0n) is 7.20. The third-order valence-corrected chi connectivity index (χ3v) is 3.14. The lowest BCUT2D eigenvalue weighted by atomic mass is 10.3. The number of rotatable bonds is 1. The highest BCUT2D eigenvalue weighted by Gasteiger charge is 2.16. The summed E-state index contributed by atoms with van der Waals surface area (Å²) in [5, 5.41) is 2.05. The number of aryl methyl sites for hydroxylation is 1. The van der Waals surface area contributed by atoms with Crippen LogP contribution in [0.1, 0.15) is 5.69 Å². The molecule has 0 saturated carbocycles. The Kier molecular flexibility index (Phi) is 2.34. The second-order valence-corrected chi connectivity index (χ2v) is 4.24. The molecule has 0 amide bonds. The van der Waals surface area contributed by atoms with Crippen molar-refractivity contribution < 1.29 is 4.57 Å². The summed E-state index contributed by atoms with van der Waals surface area (Å²) < 4.78 is 2.83. The molecule has 0 N–H and O–H groups in total. The van der Waals surface area contributed by atoms with Crippen LogP contribution in [-0.4, -0.2) is 0 Å². The van der Waals surface area contributed by atoms with Gasteiger partial charge in [-0.3, -0.25) is 0 Å². The van der Waals surface area contributed by atoms with Gasteiger partial charge in [-0.2, -0.15) is 0 Å². The van der Waals surface area contributed by atoms with E-state index in [9.17, 15) is 0 Å². The van der Waals surface area contributed by atoms with Gasteiger partial charge in [-0.15, -0.1) is 4.57 Å². The van der Waals surface area contributed by atoms with Crippen molar-refractivity contribution >= 4 is 22.9 Å². The van der Waals surface area contributed by atoms with Gasteiger partial charge in [0, 0.05) is 30.7 Å². The van der Waals surface area contributed by atoms with Crippen molar-refractivity contribution in [2.45, 2.75) is 6.92 Å². The lowest BCUT2D eigenvalue weighted by Crippen LogP contribution is -2.32. The van der Waals surface area contributed by atoms with Gasteiger partial charge in [0.1, 0.15) is 0 Å². The Labute approximate surface area is 86.2 Å². The summed E-state index contributed by atoms with van der Waals surface area (Å²) in [5.74, 6) is 0. The number of para-hydroxylation sites is 1. The summed E-state index contributed by atoms with van der Waals surface area (Å²) in [4.78, 5) is 0. The Morgan fingerprint density at radius 3 is 2.46 bits per heavy atom. The molecule has 0 spiro atoms. The number of nitrogens with zero attached hydrogens (tertiary/aromatic N) is 1. The molecule has 1 aromatic carbocycles. The van der Waals surface area contributed by atoms with E-state index < -0.39 is 0 Å². The van der Waals surface area contributed by atoms with Gasteiger partial charge in [-0.05, 0) is 0 Å². The average molecular weight is 211 g/mol. The predicted molar refractivity (Wildman–Crippen MR) is 55.6 cm³/mol. The Morgan fingerprint density at radius 2 is 1.92 bits per heavy atom. The van der Waals surface area contributed by atoms with Crippen molar-refractivity contribution in [3.63, 3.8) is 0 Å². The summed E-state index contributed by atoms with van der Waals surface area (Å²) in [7, 11) is 0. The van der Waals surface area contributed by atoms with Gasteiger partial charge in [-0.25, -0.2) is 0 Å². The molecule has 0 atom stereocenters. The fourth-order valence-corrected chi connectivity index (χ4v) is 2.35. The largest absolute Gasteiger partial charge is 0.339 e. The van der Waals surface area contributed by atoms with Crippen LogP contribution >= 0.6 is 22.9 Å². The SMILES string of the molecule is Cc1csc(Cl)[n+]1-c1ccccc1. The highest BCUT2D eigenvalue weighted by molar-refractivity contribution is 7.13.